The Labute approximate surface area is 119 Å². The normalized spacial score (nSPS) is 18.0. The summed E-state index contributed by atoms with van der Waals surface area (Å²) in [6, 6.07) is 8.53. The van der Waals surface area contributed by atoms with E-state index in [0.717, 1.165) is 43.1 Å². The SMILES string of the molecule is Cc1noc(C)c1CNC[C@@H]1OCCc2ccccc21. The Morgan fingerprint density at radius 3 is 2.95 bits per heavy atom. The number of aromatic nitrogens is 1. The van der Waals surface area contributed by atoms with Crippen LogP contribution in [-0.4, -0.2) is 18.3 Å². The van der Waals surface area contributed by atoms with E-state index in [4.69, 9.17) is 9.26 Å². The zero-order valence-corrected chi connectivity index (χ0v) is 12.0. The van der Waals surface area contributed by atoms with Gasteiger partial charge in [-0.3, -0.25) is 0 Å². The van der Waals surface area contributed by atoms with Gasteiger partial charge in [-0.25, -0.2) is 0 Å². The van der Waals surface area contributed by atoms with Gasteiger partial charge in [0, 0.05) is 18.7 Å². The fourth-order valence-electron chi connectivity index (χ4n) is 2.73. The third-order valence-corrected chi connectivity index (χ3v) is 3.91. The van der Waals surface area contributed by atoms with Crippen molar-refractivity contribution >= 4 is 0 Å². The molecule has 0 fully saturated rings. The van der Waals surface area contributed by atoms with Crippen molar-refractivity contribution in [3.8, 4) is 0 Å². The summed E-state index contributed by atoms with van der Waals surface area (Å²) >= 11 is 0. The van der Waals surface area contributed by atoms with Crippen LogP contribution in [0.15, 0.2) is 28.8 Å². The number of benzene rings is 1. The van der Waals surface area contributed by atoms with Crippen molar-refractivity contribution in [2.45, 2.75) is 32.9 Å². The van der Waals surface area contributed by atoms with Crippen molar-refractivity contribution in [1.82, 2.24) is 10.5 Å². The number of ether oxygens (including phenoxy) is 1. The van der Waals surface area contributed by atoms with Gasteiger partial charge in [-0.15, -0.1) is 0 Å². The van der Waals surface area contributed by atoms with Gasteiger partial charge < -0.3 is 14.6 Å². The van der Waals surface area contributed by atoms with Crippen molar-refractivity contribution in [2.24, 2.45) is 0 Å². The van der Waals surface area contributed by atoms with E-state index in [1.807, 2.05) is 13.8 Å². The standard InChI is InChI=1S/C16H20N2O2/c1-11-15(12(2)20-18-11)9-17-10-16-14-6-4-3-5-13(14)7-8-19-16/h3-6,16-17H,7-10H2,1-2H3/t16-/m0/s1. The number of aryl methyl sites for hydroxylation is 2. The largest absolute Gasteiger partial charge is 0.372 e. The zero-order chi connectivity index (χ0) is 13.9. The summed E-state index contributed by atoms with van der Waals surface area (Å²) in [4.78, 5) is 0. The third kappa shape index (κ3) is 2.62. The Hall–Kier alpha value is -1.65. The Morgan fingerprint density at radius 2 is 2.15 bits per heavy atom. The molecule has 1 N–H and O–H groups in total. The fourth-order valence-corrected chi connectivity index (χ4v) is 2.73. The van der Waals surface area contributed by atoms with Crippen molar-refractivity contribution in [3.63, 3.8) is 0 Å². The van der Waals surface area contributed by atoms with Crippen LogP contribution in [0, 0.1) is 13.8 Å². The molecule has 3 rings (SSSR count). The number of nitrogens with zero attached hydrogens (tertiary/aromatic N) is 1. The van der Waals surface area contributed by atoms with Crippen LogP contribution >= 0.6 is 0 Å². The fraction of sp³-hybridized carbons (Fsp3) is 0.438. The minimum Gasteiger partial charge on any atom is -0.372 e. The second kappa shape index (κ2) is 5.77. The molecule has 1 aliphatic rings. The van der Waals surface area contributed by atoms with Crippen LogP contribution in [0.1, 0.15) is 34.2 Å². The third-order valence-electron chi connectivity index (χ3n) is 3.91. The molecule has 0 aliphatic carbocycles. The van der Waals surface area contributed by atoms with Crippen molar-refractivity contribution < 1.29 is 9.26 Å². The van der Waals surface area contributed by atoms with E-state index in [-0.39, 0.29) is 6.10 Å². The predicted octanol–water partition coefficient (Wildman–Crippen LogP) is 2.70. The summed E-state index contributed by atoms with van der Waals surface area (Å²) in [5, 5.41) is 7.43. The van der Waals surface area contributed by atoms with Crippen LogP contribution in [-0.2, 0) is 17.7 Å². The van der Waals surface area contributed by atoms with Gasteiger partial charge in [0.15, 0.2) is 0 Å². The smallest absolute Gasteiger partial charge is 0.138 e. The predicted molar refractivity (Wildman–Crippen MR) is 76.5 cm³/mol. The first-order valence-corrected chi connectivity index (χ1v) is 7.07. The Bertz CT molecular complexity index is 572. The number of hydrogen-bond donors (Lipinski definition) is 1. The molecule has 2 aromatic rings. The van der Waals surface area contributed by atoms with Crippen molar-refractivity contribution in [2.75, 3.05) is 13.2 Å². The summed E-state index contributed by atoms with van der Waals surface area (Å²) in [7, 11) is 0. The molecule has 0 unspecified atom stereocenters. The minimum absolute atomic E-state index is 0.139. The van der Waals surface area contributed by atoms with E-state index in [0.29, 0.717) is 0 Å². The van der Waals surface area contributed by atoms with Gasteiger partial charge in [0.2, 0.25) is 0 Å². The average molecular weight is 272 g/mol. The summed E-state index contributed by atoms with van der Waals surface area (Å²) in [5.74, 6) is 0.889. The highest BCUT2D eigenvalue weighted by atomic mass is 16.5. The lowest BCUT2D eigenvalue weighted by Gasteiger charge is -2.26. The van der Waals surface area contributed by atoms with E-state index in [1.54, 1.807) is 0 Å². The molecule has 0 spiro atoms. The first-order valence-electron chi connectivity index (χ1n) is 7.07. The van der Waals surface area contributed by atoms with Crippen LogP contribution < -0.4 is 5.32 Å². The minimum atomic E-state index is 0.139. The van der Waals surface area contributed by atoms with Gasteiger partial charge in [-0.05, 0) is 31.4 Å². The van der Waals surface area contributed by atoms with Crippen LogP contribution in [0.3, 0.4) is 0 Å². The van der Waals surface area contributed by atoms with Gasteiger partial charge in [0.25, 0.3) is 0 Å². The van der Waals surface area contributed by atoms with E-state index in [1.165, 1.54) is 11.1 Å². The molecule has 0 saturated carbocycles. The Kier molecular flexibility index (Phi) is 3.85. The second-order valence-corrected chi connectivity index (χ2v) is 5.24. The molecular formula is C16H20N2O2. The second-order valence-electron chi connectivity index (χ2n) is 5.24. The summed E-state index contributed by atoms with van der Waals surface area (Å²) in [6.45, 7) is 6.29. The maximum atomic E-state index is 5.88. The molecule has 0 radical (unpaired) electrons. The molecular weight excluding hydrogens is 252 g/mol. The maximum Gasteiger partial charge on any atom is 0.138 e. The molecule has 20 heavy (non-hydrogen) atoms. The molecule has 1 aromatic heterocycles. The van der Waals surface area contributed by atoms with E-state index < -0.39 is 0 Å². The Balaban J connectivity index is 1.63. The highest BCUT2D eigenvalue weighted by Gasteiger charge is 2.20. The van der Waals surface area contributed by atoms with Crippen molar-refractivity contribution in [1.29, 1.82) is 0 Å². The summed E-state index contributed by atoms with van der Waals surface area (Å²) < 4.78 is 11.1. The summed E-state index contributed by atoms with van der Waals surface area (Å²) in [6.07, 6.45) is 1.15. The molecule has 0 amide bonds. The van der Waals surface area contributed by atoms with Gasteiger partial charge >= 0.3 is 0 Å². The van der Waals surface area contributed by atoms with Crippen LogP contribution in [0.5, 0.6) is 0 Å². The monoisotopic (exact) mass is 272 g/mol. The summed E-state index contributed by atoms with van der Waals surface area (Å²) in [5.41, 5.74) is 4.82. The molecule has 2 heterocycles. The van der Waals surface area contributed by atoms with Crippen LogP contribution in [0.4, 0.5) is 0 Å². The van der Waals surface area contributed by atoms with Crippen molar-refractivity contribution in [3.05, 3.63) is 52.4 Å². The molecule has 1 aliphatic heterocycles. The highest BCUT2D eigenvalue weighted by molar-refractivity contribution is 5.31. The average Bonchev–Trinajstić information content (AvgIpc) is 2.79. The first-order chi connectivity index (χ1) is 9.75. The number of rotatable bonds is 4. The topological polar surface area (TPSA) is 47.3 Å². The lowest BCUT2D eigenvalue weighted by atomic mass is 9.97. The van der Waals surface area contributed by atoms with E-state index >= 15 is 0 Å². The Morgan fingerprint density at radius 1 is 1.30 bits per heavy atom. The molecule has 1 atom stereocenters. The molecule has 0 saturated heterocycles. The molecule has 4 nitrogen and oxygen atoms in total. The molecule has 106 valence electrons. The zero-order valence-electron chi connectivity index (χ0n) is 12.0. The number of fused-ring (bicyclic) bond motifs is 1. The quantitative estimate of drug-likeness (QED) is 0.929. The van der Waals surface area contributed by atoms with E-state index in [2.05, 4.69) is 34.7 Å². The van der Waals surface area contributed by atoms with Gasteiger partial charge in [0.1, 0.15) is 5.76 Å². The van der Waals surface area contributed by atoms with Gasteiger partial charge in [-0.2, -0.15) is 0 Å². The number of nitrogens with one attached hydrogen (secondary N) is 1. The van der Waals surface area contributed by atoms with Gasteiger partial charge in [0.05, 0.1) is 18.4 Å². The molecule has 4 heteroatoms. The van der Waals surface area contributed by atoms with Crippen LogP contribution in [0.25, 0.3) is 0 Å². The lowest BCUT2D eigenvalue weighted by molar-refractivity contribution is 0.0423. The van der Waals surface area contributed by atoms with Gasteiger partial charge in [-0.1, -0.05) is 29.4 Å². The maximum absolute atomic E-state index is 5.88. The van der Waals surface area contributed by atoms with E-state index in [9.17, 15) is 0 Å². The lowest BCUT2D eigenvalue weighted by Crippen LogP contribution is -2.27. The first kappa shape index (κ1) is 13.3. The number of hydrogen-bond acceptors (Lipinski definition) is 4. The molecule has 0 bridgehead atoms. The molecule has 1 aromatic carbocycles. The highest BCUT2D eigenvalue weighted by Crippen LogP contribution is 2.26. The van der Waals surface area contributed by atoms with Crippen LogP contribution in [0.2, 0.25) is 0 Å².